The van der Waals surface area contributed by atoms with Crippen LogP contribution in [0.1, 0.15) is 18.4 Å². The number of benzene rings is 1. The quantitative estimate of drug-likeness (QED) is 0.0923. The molecule has 0 atom stereocenters. The monoisotopic (exact) mass is 641 g/mol. The van der Waals surface area contributed by atoms with E-state index in [0.717, 1.165) is 22.6 Å². The smallest absolute Gasteiger partial charge is 0.222 e. The minimum absolute atomic E-state index is 0.0121. The zero-order chi connectivity index (χ0) is 30.6. The lowest BCUT2D eigenvalue weighted by Crippen LogP contribution is -2.26. The normalized spacial score (nSPS) is 11.0. The molecule has 0 saturated heterocycles. The molecule has 43 heavy (non-hydrogen) atoms. The Hall–Kier alpha value is -2.44. The van der Waals surface area contributed by atoms with Gasteiger partial charge in [-0.25, -0.2) is 0 Å². The number of nitrogens with one attached hydrogen (secondary N) is 2. The Morgan fingerprint density at radius 3 is 1.70 bits per heavy atom. The van der Waals surface area contributed by atoms with Crippen LogP contribution >= 0.6 is 21.6 Å². The van der Waals surface area contributed by atoms with Crippen molar-refractivity contribution in [3.8, 4) is 11.4 Å². The number of hydrogen-bond acceptors (Lipinski definition) is 14. The average molecular weight is 642 g/mol. The number of ether oxygens (including phenoxy) is 5. The number of amides is 2. The van der Waals surface area contributed by atoms with Gasteiger partial charge in [-0.05, 0) is 5.56 Å². The van der Waals surface area contributed by atoms with Crippen LogP contribution in [0.15, 0.2) is 30.6 Å². The second-order valence-corrected chi connectivity index (χ2v) is 11.4. The van der Waals surface area contributed by atoms with Crippen LogP contribution in [0.4, 0.5) is 0 Å². The molecule has 240 valence electrons. The molecule has 0 bridgehead atoms. The molecular formula is C27H43N7O7S2. The summed E-state index contributed by atoms with van der Waals surface area (Å²) in [6, 6.07) is 7.51. The Bertz CT molecular complexity index is 982. The zero-order valence-electron chi connectivity index (χ0n) is 24.4. The number of hydrogen-bond donors (Lipinski definition) is 3. The van der Waals surface area contributed by atoms with Crippen LogP contribution in [0.3, 0.4) is 0 Å². The molecule has 14 nitrogen and oxygen atoms in total. The number of rotatable bonds is 27. The summed E-state index contributed by atoms with van der Waals surface area (Å²) in [5.41, 5.74) is 7.19. The van der Waals surface area contributed by atoms with Gasteiger partial charge in [0.15, 0.2) is 6.33 Å². The fraction of sp³-hybridized carbons (Fsp3) is 0.630. The number of carbonyl (C=O) groups excluding carboxylic acids is 2. The average Bonchev–Trinajstić information content (AvgIpc) is 3.03. The third-order valence-corrected chi connectivity index (χ3v) is 7.78. The maximum absolute atomic E-state index is 12.0. The molecule has 0 saturated carbocycles. The van der Waals surface area contributed by atoms with Crippen molar-refractivity contribution in [1.82, 2.24) is 31.0 Å². The lowest BCUT2D eigenvalue weighted by atomic mass is 10.1. The predicted molar refractivity (Wildman–Crippen MR) is 165 cm³/mol. The Morgan fingerprint density at radius 1 is 0.674 bits per heavy atom. The van der Waals surface area contributed by atoms with E-state index in [1.54, 1.807) is 21.6 Å². The first-order valence-corrected chi connectivity index (χ1v) is 16.6. The van der Waals surface area contributed by atoms with E-state index in [2.05, 4.69) is 31.0 Å². The van der Waals surface area contributed by atoms with Gasteiger partial charge >= 0.3 is 0 Å². The fourth-order valence-electron chi connectivity index (χ4n) is 3.18. The molecule has 1 aromatic carbocycles. The van der Waals surface area contributed by atoms with Gasteiger partial charge in [0.1, 0.15) is 0 Å². The topological polar surface area (TPSA) is 182 Å². The highest BCUT2D eigenvalue weighted by Crippen LogP contribution is 2.18. The largest absolute Gasteiger partial charge is 0.379 e. The van der Waals surface area contributed by atoms with E-state index in [1.807, 2.05) is 24.3 Å². The van der Waals surface area contributed by atoms with E-state index in [-0.39, 0.29) is 18.2 Å². The fourth-order valence-corrected chi connectivity index (χ4v) is 4.94. The molecule has 0 aliphatic carbocycles. The molecule has 0 fully saturated rings. The lowest BCUT2D eigenvalue weighted by molar-refractivity contribution is -0.123. The second-order valence-electron chi connectivity index (χ2n) is 8.69. The van der Waals surface area contributed by atoms with Gasteiger partial charge in [0.2, 0.25) is 17.6 Å². The second kappa shape index (κ2) is 26.0. The Kier molecular flexibility index (Phi) is 22.2. The Balaban J connectivity index is 1.28. The standard InChI is InChI=1S/C27H43N7O7S2/c28-7-19-42-43-20-8-29-25(35)5-9-37-11-13-39-15-17-41-18-16-40-14-12-38-10-6-26(36)30-21-23-1-3-24(4-2-23)27-33-31-22-32-34-27/h1-4,22H,5-21,28H2,(H,29,35)(H,30,36). The maximum Gasteiger partial charge on any atom is 0.222 e. The van der Waals surface area contributed by atoms with Crippen LogP contribution < -0.4 is 16.4 Å². The van der Waals surface area contributed by atoms with E-state index in [0.29, 0.717) is 97.9 Å². The molecule has 0 aliphatic heterocycles. The molecule has 0 radical (unpaired) electrons. The highest BCUT2D eigenvalue weighted by atomic mass is 33.1. The van der Waals surface area contributed by atoms with E-state index in [1.165, 1.54) is 6.33 Å². The predicted octanol–water partition coefficient (Wildman–Crippen LogP) is 0.869. The van der Waals surface area contributed by atoms with E-state index >= 15 is 0 Å². The highest BCUT2D eigenvalue weighted by Gasteiger charge is 2.05. The van der Waals surface area contributed by atoms with Gasteiger partial charge < -0.3 is 40.1 Å². The minimum atomic E-state index is -0.0890. The molecule has 2 aromatic rings. The number of carbonyl (C=O) groups is 2. The molecule has 4 N–H and O–H groups in total. The van der Waals surface area contributed by atoms with Gasteiger partial charge in [-0.2, -0.15) is 0 Å². The Labute approximate surface area is 260 Å². The Morgan fingerprint density at radius 2 is 1.16 bits per heavy atom. The third-order valence-electron chi connectivity index (χ3n) is 5.34. The summed E-state index contributed by atoms with van der Waals surface area (Å²) in [6.07, 6.45) is 1.89. The molecule has 0 aliphatic rings. The summed E-state index contributed by atoms with van der Waals surface area (Å²) in [5.74, 6) is 2.12. The molecular weight excluding hydrogens is 598 g/mol. The summed E-state index contributed by atoms with van der Waals surface area (Å²) < 4.78 is 27.2. The first-order valence-electron chi connectivity index (χ1n) is 14.2. The zero-order valence-corrected chi connectivity index (χ0v) is 26.1. The number of nitrogens with two attached hydrogens (primary N) is 1. The first-order chi connectivity index (χ1) is 21.2. The third kappa shape index (κ3) is 20.2. The van der Waals surface area contributed by atoms with Crippen LogP contribution in [0.5, 0.6) is 0 Å². The summed E-state index contributed by atoms with van der Waals surface area (Å²) in [5, 5.41) is 21.0. The van der Waals surface area contributed by atoms with Gasteiger partial charge in [0, 0.05) is 49.5 Å². The van der Waals surface area contributed by atoms with Crippen molar-refractivity contribution in [3.63, 3.8) is 0 Å². The van der Waals surface area contributed by atoms with E-state index in [9.17, 15) is 9.59 Å². The summed E-state index contributed by atoms with van der Waals surface area (Å²) in [6.45, 7) is 5.93. The van der Waals surface area contributed by atoms with E-state index in [4.69, 9.17) is 29.4 Å². The summed E-state index contributed by atoms with van der Waals surface area (Å²) >= 11 is 0. The highest BCUT2D eigenvalue weighted by molar-refractivity contribution is 8.76. The van der Waals surface area contributed by atoms with Crippen molar-refractivity contribution < 1.29 is 33.3 Å². The van der Waals surface area contributed by atoms with Crippen molar-refractivity contribution in [2.24, 2.45) is 5.73 Å². The van der Waals surface area contributed by atoms with Crippen molar-refractivity contribution in [2.45, 2.75) is 19.4 Å². The van der Waals surface area contributed by atoms with Crippen LogP contribution in [-0.2, 0) is 39.8 Å². The molecule has 16 heteroatoms. The summed E-state index contributed by atoms with van der Waals surface area (Å²) in [4.78, 5) is 23.7. The van der Waals surface area contributed by atoms with Crippen LogP contribution in [0, 0.1) is 0 Å². The summed E-state index contributed by atoms with van der Waals surface area (Å²) in [7, 11) is 3.42. The van der Waals surface area contributed by atoms with Gasteiger partial charge in [-0.15, -0.1) is 20.4 Å². The van der Waals surface area contributed by atoms with Gasteiger partial charge in [-0.3, -0.25) is 9.59 Å². The van der Waals surface area contributed by atoms with Crippen molar-refractivity contribution in [3.05, 3.63) is 36.2 Å². The maximum atomic E-state index is 12.0. The van der Waals surface area contributed by atoms with Crippen LogP contribution in [0.2, 0.25) is 0 Å². The minimum Gasteiger partial charge on any atom is -0.379 e. The van der Waals surface area contributed by atoms with Crippen molar-refractivity contribution >= 4 is 33.4 Å². The number of nitrogens with zero attached hydrogens (tertiary/aromatic N) is 4. The van der Waals surface area contributed by atoms with E-state index < -0.39 is 0 Å². The van der Waals surface area contributed by atoms with Crippen LogP contribution in [0.25, 0.3) is 11.4 Å². The number of aromatic nitrogens is 4. The van der Waals surface area contributed by atoms with Crippen LogP contribution in [-0.4, -0.2) is 123 Å². The molecule has 0 unspecified atom stereocenters. The van der Waals surface area contributed by atoms with Gasteiger partial charge in [0.05, 0.1) is 66.1 Å². The van der Waals surface area contributed by atoms with Gasteiger partial charge in [-0.1, -0.05) is 45.9 Å². The molecule has 1 heterocycles. The lowest BCUT2D eigenvalue weighted by Gasteiger charge is -2.08. The first kappa shape index (κ1) is 36.8. The van der Waals surface area contributed by atoms with Crippen molar-refractivity contribution in [2.75, 3.05) is 90.7 Å². The van der Waals surface area contributed by atoms with Crippen molar-refractivity contribution in [1.29, 1.82) is 0 Å². The SMILES string of the molecule is NCCSSCCNC(=O)CCOCCOCCOCCOCCOCCC(=O)NCc1ccc(-c2nncnn2)cc1. The molecule has 1 aromatic heterocycles. The molecule has 2 amide bonds. The molecule has 2 rings (SSSR count). The molecule has 0 spiro atoms. The van der Waals surface area contributed by atoms with Gasteiger partial charge in [0.25, 0.3) is 0 Å².